The number of ether oxygens (including phenoxy) is 1. The fourth-order valence-electron chi connectivity index (χ4n) is 3.21. The first-order valence-electron chi connectivity index (χ1n) is 10.0. The fourth-order valence-corrected chi connectivity index (χ4v) is 3.21. The van der Waals surface area contributed by atoms with Crippen molar-refractivity contribution in [2.24, 2.45) is 0 Å². The van der Waals surface area contributed by atoms with Gasteiger partial charge in [-0.15, -0.1) is 0 Å². The molecule has 7 nitrogen and oxygen atoms in total. The smallest absolute Gasteiger partial charge is 0.339 e. The van der Waals surface area contributed by atoms with E-state index in [9.17, 15) is 9.59 Å². The lowest BCUT2D eigenvalue weighted by atomic mass is 10.1. The Morgan fingerprint density at radius 2 is 1.84 bits per heavy atom. The van der Waals surface area contributed by atoms with Crippen molar-refractivity contribution in [3.8, 4) is 11.4 Å². The van der Waals surface area contributed by atoms with Gasteiger partial charge in [-0.25, -0.2) is 14.8 Å². The standard InChI is InChI=1S/C24H22N4O3/c1-3-20(23(29)28-21-13-12-15(2)14-25-21)31-24(30)17-9-5-4-8-16(17)22-26-18-10-6-7-11-19(18)27-22/h4-14,20H,3H2,1-2H3,(H,26,27)(H,25,28,29). The highest BCUT2D eigenvalue weighted by Gasteiger charge is 2.24. The summed E-state index contributed by atoms with van der Waals surface area (Å²) < 4.78 is 5.56. The van der Waals surface area contributed by atoms with Crippen LogP contribution in [-0.4, -0.2) is 32.9 Å². The van der Waals surface area contributed by atoms with Gasteiger partial charge in [0.2, 0.25) is 0 Å². The molecule has 0 spiro atoms. The van der Waals surface area contributed by atoms with Gasteiger partial charge in [0.25, 0.3) is 5.91 Å². The van der Waals surface area contributed by atoms with Gasteiger partial charge in [0.15, 0.2) is 6.10 Å². The average molecular weight is 414 g/mol. The number of carbonyl (C=O) groups is 2. The van der Waals surface area contributed by atoms with Crippen LogP contribution in [0.25, 0.3) is 22.4 Å². The molecule has 2 N–H and O–H groups in total. The number of carbonyl (C=O) groups excluding carboxylic acids is 2. The molecule has 4 rings (SSSR count). The monoisotopic (exact) mass is 414 g/mol. The van der Waals surface area contributed by atoms with E-state index in [-0.39, 0.29) is 0 Å². The number of esters is 1. The van der Waals surface area contributed by atoms with Crippen molar-refractivity contribution in [2.75, 3.05) is 5.32 Å². The Balaban J connectivity index is 1.55. The Labute approximate surface area is 179 Å². The molecule has 156 valence electrons. The maximum Gasteiger partial charge on any atom is 0.339 e. The second kappa shape index (κ2) is 8.79. The first-order chi connectivity index (χ1) is 15.0. The van der Waals surface area contributed by atoms with Crippen molar-refractivity contribution in [3.05, 3.63) is 78.0 Å². The predicted octanol–water partition coefficient (Wildman–Crippen LogP) is 4.51. The van der Waals surface area contributed by atoms with E-state index in [1.54, 1.807) is 37.4 Å². The van der Waals surface area contributed by atoms with E-state index in [4.69, 9.17) is 4.74 Å². The number of anilines is 1. The molecule has 0 aliphatic carbocycles. The largest absolute Gasteiger partial charge is 0.449 e. The Kier molecular flexibility index (Phi) is 5.75. The van der Waals surface area contributed by atoms with Crippen molar-refractivity contribution < 1.29 is 14.3 Å². The van der Waals surface area contributed by atoms with Crippen LogP contribution >= 0.6 is 0 Å². The molecule has 1 atom stereocenters. The molecule has 0 radical (unpaired) electrons. The summed E-state index contributed by atoms with van der Waals surface area (Å²) in [6.45, 7) is 3.69. The Hall–Kier alpha value is -4.00. The zero-order valence-electron chi connectivity index (χ0n) is 17.3. The zero-order chi connectivity index (χ0) is 21.8. The number of nitrogens with one attached hydrogen (secondary N) is 2. The minimum absolute atomic E-state index is 0.330. The summed E-state index contributed by atoms with van der Waals surface area (Å²) in [4.78, 5) is 37.5. The summed E-state index contributed by atoms with van der Waals surface area (Å²) in [6, 6.07) is 18.2. The summed E-state index contributed by atoms with van der Waals surface area (Å²) in [5.74, 6) is -0.0359. The number of pyridine rings is 1. The van der Waals surface area contributed by atoms with Crippen molar-refractivity contribution in [1.82, 2.24) is 15.0 Å². The fraction of sp³-hybridized carbons (Fsp3) is 0.167. The average Bonchev–Trinajstić information content (AvgIpc) is 3.23. The highest BCUT2D eigenvalue weighted by Crippen LogP contribution is 2.25. The summed E-state index contributed by atoms with van der Waals surface area (Å²) >= 11 is 0. The number of aryl methyl sites for hydroxylation is 1. The number of imidazole rings is 1. The lowest BCUT2D eigenvalue weighted by molar-refractivity contribution is -0.124. The number of aromatic nitrogens is 3. The van der Waals surface area contributed by atoms with E-state index in [1.807, 2.05) is 43.3 Å². The third-order valence-corrected chi connectivity index (χ3v) is 4.87. The topological polar surface area (TPSA) is 97.0 Å². The first kappa shape index (κ1) is 20.3. The molecule has 0 saturated heterocycles. The molecule has 2 aromatic carbocycles. The number of H-pyrrole nitrogens is 1. The van der Waals surface area contributed by atoms with E-state index in [2.05, 4.69) is 20.3 Å². The Bertz CT molecular complexity index is 1200. The highest BCUT2D eigenvalue weighted by molar-refractivity contribution is 6.00. The number of para-hydroxylation sites is 2. The minimum atomic E-state index is -0.945. The summed E-state index contributed by atoms with van der Waals surface area (Å²) in [5.41, 5.74) is 3.60. The predicted molar refractivity (Wildman–Crippen MR) is 119 cm³/mol. The van der Waals surface area contributed by atoms with Gasteiger partial charge >= 0.3 is 5.97 Å². The van der Waals surface area contributed by atoms with Crippen LogP contribution in [0.15, 0.2) is 66.9 Å². The number of hydrogen-bond donors (Lipinski definition) is 2. The Morgan fingerprint density at radius 1 is 1.06 bits per heavy atom. The summed E-state index contributed by atoms with van der Waals surface area (Å²) in [6.07, 6.45) is 1.04. The molecular formula is C24H22N4O3. The number of amides is 1. The van der Waals surface area contributed by atoms with E-state index in [0.717, 1.165) is 16.6 Å². The van der Waals surface area contributed by atoms with E-state index < -0.39 is 18.0 Å². The zero-order valence-corrected chi connectivity index (χ0v) is 17.3. The maximum atomic E-state index is 13.0. The van der Waals surface area contributed by atoms with Crippen molar-refractivity contribution in [2.45, 2.75) is 26.4 Å². The number of hydrogen-bond acceptors (Lipinski definition) is 5. The molecule has 0 saturated carbocycles. The molecule has 0 fully saturated rings. The molecular weight excluding hydrogens is 392 g/mol. The van der Waals surface area contributed by atoms with Gasteiger partial charge in [-0.1, -0.05) is 43.3 Å². The van der Waals surface area contributed by atoms with Gasteiger partial charge in [-0.05, 0) is 43.2 Å². The number of nitrogens with zero attached hydrogens (tertiary/aromatic N) is 2. The maximum absolute atomic E-state index is 13.0. The Morgan fingerprint density at radius 3 is 2.58 bits per heavy atom. The van der Waals surface area contributed by atoms with Gasteiger partial charge in [-0.2, -0.15) is 0 Å². The molecule has 0 aliphatic heterocycles. The highest BCUT2D eigenvalue weighted by atomic mass is 16.5. The second-order valence-electron chi connectivity index (χ2n) is 7.16. The van der Waals surface area contributed by atoms with Crippen LogP contribution in [0.3, 0.4) is 0 Å². The van der Waals surface area contributed by atoms with Crippen molar-refractivity contribution in [1.29, 1.82) is 0 Å². The van der Waals surface area contributed by atoms with Gasteiger partial charge < -0.3 is 15.0 Å². The molecule has 2 heterocycles. The molecule has 1 unspecified atom stereocenters. The van der Waals surface area contributed by atoms with E-state index in [1.165, 1.54) is 0 Å². The van der Waals surface area contributed by atoms with Crippen molar-refractivity contribution in [3.63, 3.8) is 0 Å². The van der Waals surface area contributed by atoms with Crippen LogP contribution < -0.4 is 5.32 Å². The van der Waals surface area contributed by atoms with Crippen LogP contribution in [0.5, 0.6) is 0 Å². The third kappa shape index (κ3) is 4.45. The van der Waals surface area contributed by atoms with Crippen LogP contribution in [0.4, 0.5) is 5.82 Å². The van der Waals surface area contributed by atoms with Crippen LogP contribution in [0.1, 0.15) is 29.3 Å². The van der Waals surface area contributed by atoms with Gasteiger partial charge in [-0.3, -0.25) is 4.79 Å². The normalized spacial score (nSPS) is 11.8. The molecule has 0 aliphatic rings. The van der Waals surface area contributed by atoms with Gasteiger partial charge in [0.1, 0.15) is 11.6 Å². The molecule has 31 heavy (non-hydrogen) atoms. The number of fused-ring (bicyclic) bond motifs is 1. The number of rotatable bonds is 6. The van der Waals surface area contributed by atoms with Gasteiger partial charge in [0, 0.05) is 11.8 Å². The molecule has 2 aromatic heterocycles. The quantitative estimate of drug-likeness (QED) is 0.453. The molecule has 0 bridgehead atoms. The molecule has 1 amide bonds. The van der Waals surface area contributed by atoms with Gasteiger partial charge in [0.05, 0.1) is 16.6 Å². The second-order valence-corrected chi connectivity index (χ2v) is 7.16. The van der Waals surface area contributed by atoms with Crippen LogP contribution in [0.2, 0.25) is 0 Å². The SMILES string of the molecule is CCC(OC(=O)c1ccccc1-c1nc2ccccc2[nH]1)C(=O)Nc1ccc(C)cn1. The first-order valence-corrected chi connectivity index (χ1v) is 10.0. The minimum Gasteiger partial charge on any atom is -0.449 e. The van der Waals surface area contributed by atoms with Crippen molar-refractivity contribution >= 4 is 28.7 Å². The molecule has 7 heteroatoms. The van der Waals surface area contributed by atoms with E-state index in [0.29, 0.717) is 29.2 Å². The molecule has 4 aromatic rings. The lowest BCUT2D eigenvalue weighted by Crippen LogP contribution is -2.32. The van der Waals surface area contributed by atoms with Crippen LogP contribution in [-0.2, 0) is 9.53 Å². The lowest BCUT2D eigenvalue weighted by Gasteiger charge is -2.16. The summed E-state index contributed by atoms with van der Waals surface area (Å²) in [5, 5.41) is 2.70. The van der Waals surface area contributed by atoms with Crippen LogP contribution in [0, 0.1) is 6.92 Å². The van der Waals surface area contributed by atoms with E-state index >= 15 is 0 Å². The number of aromatic amines is 1. The third-order valence-electron chi connectivity index (χ3n) is 4.87. The number of benzene rings is 2. The summed E-state index contributed by atoms with van der Waals surface area (Å²) in [7, 11) is 0.